The minimum atomic E-state index is -0.0416. The number of thiazole rings is 1. The first-order chi connectivity index (χ1) is 11.7. The molecule has 3 rings (SSSR count). The van der Waals surface area contributed by atoms with E-state index in [1.54, 1.807) is 18.4 Å². The van der Waals surface area contributed by atoms with Gasteiger partial charge in [0.15, 0.2) is 17.5 Å². The van der Waals surface area contributed by atoms with Gasteiger partial charge < -0.3 is 20.1 Å². The number of nitrogens with zero attached hydrogens (tertiary/aromatic N) is 2. The van der Waals surface area contributed by atoms with Crippen LogP contribution in [0.4, 0.5) is 0 Å². The standard InChI is InChI=1S/C17H22N4O2S.HI/c1-12-9-20-16(24-12)7-8-19-17(18-2)21-10-13-11-22-14-5-3-4-6-15(14)23-13;/h3-6,9,13H,7-8,10-11H2,1-2H3,(H2,18,19,21);1H. The average molecular weight is 474 g/mol. The molecular weight excluding hydrogens is 451 g/mol. The van der Waals surface area contributed by atoms with Crippen molar-refractivity contribution in [1.29, 1.82) is 0 Å². The van der Waals surface area contributed by atoms with Crippen LogP contribution in [0.2, 0.25) is 0 Å². The number of fused-ring (bicyclic) bond motifs is 1. The fourth-order valence-corrected chi connectivity index (χ4v) is 3.19. The predicted octanol–water partition coefficient (Wildman–Crippen LogP) is 2.62. The number of halogens is 1. The van der Waals surface area contributed by atoms with Crippen molar-refractivity contribution in [2.75, 3.05) is 26.7 Å². The van der Waals surface area contributed by atoms with E-state index in [0.29, 0.717) is 13.2 Å². The number of hydrogen-bond acceptors (Lipinski definition) is 5. The summed E-state index contributed by atoms with van der Waals surface area (Å²) in [5, 5.41) is 7.71. The lowest BCUT2D eigenvalue weighted by Crippen LogP contribution is -2.45. The zero-order chi connectivity index (χ0) is 16.8. The average Bonchev–Trinajstić information content (AvgIpc) is 3.03. The summed E-state index contributed by atoms with van der Waals surface area (Å²) in [6.45, 7) is 4.01. The molecule has 0 amide bonds. The van der Waals surface area contributed by atoms with Crippen LogP contribution in [-0.4, -0.2) is 43.8 Å². The van der Waals surface area contributed by atoms with E-state index >= 15 is 0 Å². The molecule has 2 N–H and O–H groups in total. The van der Waals surface area contributed by atoms with Gasteiger partial charge in [0, 0.05) is 31.1 Å². The molecule has 0 saturated heterocycles. The van der Waals surface area contributed by atoms with E-state index in [1.165, 1.54) is 4.88 Å². The lowest BCUT2D eigenvalue weighted by molar-refractivity contribution is 0.0936. The Morgan fingerprint density at radius 1 is 1.32 bits per heavy atom. The van der Waals surface area contributed by atoms with E-state index in [-0.39, 0.29) is 30.1 Å². The van der Waals surface area contributed by atoms with Gasteiger partial charge in [-0.25, -0.2) is 4.98 Å². The summed E-state index contributed by atoms with van der Waals surface area (Å²) in [5.74, 6) is 2.35. The summed E-state index contributed by atoms with van der Waals surface area (Å²) in [6, 6.07) is 7.72. The van der Waals surface area contributed by atoms with Crippen molar-refractivity contribution in [3.05, 3.63) is 40.3 Å². The van der Waals surface area contributed by atoms with Gasteiger partial charge in [-0.3, -0.25) is 4.99 Å². The predicted molar refractivity (Wildman–Crippen MR) is 112 cm³/mol. The van der Waals surface area contributed by atoms with Crippen LogP contribution < -0.4 is 20.1 Å². The molecule has 2 heterocycles. The number of nitrogens with one attached hydrogen (secondary N) is 2. The largest absolute Gasteiger partial charge is 0.486 e. The molecule has 1 aliphatic rings. The highest BCUT2D eigenvalue weighted by Gasteiger charge is 2.20. The maximum absolute atomic E-state index is 5.92. The van der Waals surface area contributed by atoms with Crippen LogP contribution in [0.1, 0.15) is 9.88 Å². The SMILES string of the molecule is CN=C(NCCc1ncc(C)s1)NCC1COc2ccccc2O1.I. The van der Waals surface area contributed by atoms with Crippen LogP contribution in [0.15, 0.2) is 35.5 Å². The zero-order valence-corrected chi connectivity index (χ0v) is 17.5. The highest BCUT2D eigenvalue weighted by Crippen LogP contribution is 2.30. The minimum absolute atomic E-state index is 0. The van der Waals surface area contributed by atoms with Crippen molar-refractivity contribution >= 4 is 41.3 Å². The van der Waals surface area contributed by atoms with E-state index in [0.717, 1.165) is 35.4 Å². The third-order valence-corrected chi connectivity index (χ3v) is 4.56. The second-order valence-electron chi connectivity index (χ2n) is 5.49. The molecule has 1 atom stereocenters. The van der Waals surface area contributed by atoms with Gasteiger partial charge in [0.05, 0.1) is 11.6 Å². The first-order valence-corrected chi connectivity index (χ1v) is 8.80. The number of aromatic nitrogens is 1. The number of para-hydroxylation sites is 2. The van der Waals surface area contributed by atoms with Gasteiger partial charge >= 0.3 is 0 Å². The van der Waals surface area contributed by atoms with Crippen LogP contribution in [0.3, 0.4) is 0 Å². The van der Waals surface area contributed by atoms with Gasteiger partial charge in [-0.2, -0.15) is 0 Å². The molecule has 0 aliphatic carbocycles. The molecular formula is C17H23IN4O2S. The van der Waals surface area contributed by atoms with Gasteiger partial charge in [0.1, 0.15) is 12.7 Å². The van der Waals surface area contributed by atoms with E-state index in [4.69, 9.17) is 9.47 Å². The van der Waals surface area contributed by atoms with Crippen LogP contribution in [-0.2, 0) is 6.42 Å². The zero-order valence-electron chi connectivity index (χ0n) is 14.3. The van der Waals surface area contributed by atoms with Gasteiger partial charge in [0.2, 0.25) is 0 Å². The lowest BCUT2D eigenvalue weighted by atomic mass is 10.2. The molecule has 1 aromatic carbocycles. The van der Waals surface area contributed by atoms with E-state index in [1.807, 2.05) is 30.5 Å². The van der Waals surface area contributed by atoms with E-state index < -0.39 is 0 Å². The number of aliphatic imine (C=N–C) groups is 1. The summed E-state index contributed by atoms with van der Waals surface area (Å²) in [4.78, 5) is 9.83. The number of hydrogen-bond donors (Lipinski definition) is 2. The molecule has 25 heavy (non-hydrogen) atoms. The second-order valence-corrected chi connectivity index (χ2v) is 6.81. The molecule has 1 aromatic heterocycles. The van der Waals surface area contributed by atoms with Crippen LogP contribution in [0.5, 0.6) is 11.5 Å². The van der Waals surface area contributed by atoms with Crippen LogP contribution in [0, 0.1) is 6.92 Å². The third-order valence-electron chi connectivity index (χ3n) is 3.59. The highest BCUT2D eigenvalue weighted by atomic mass is 127. The van der Waals surface area contributed by atoms with Gasteiger partial charge in [-0.15, -0.1) is 35.3 Å². The van der Waals surface area contributed by atoms with Crippen molar-refractivity contribution in [2.24, 2.45) is 4.99 Å². The molecule has 6 nitrogen and oxygen atoms in total. The van der Waals surface area contributed by atoms with Gasteiger partial charge in [-0.1, -0.05) is 12.1 Å². The number of aryl methyl sites for hydroxylation is 1. The van der Waals surface area contributed by atoms with Gasteiger partial charge in [-0.05, 0) is 19.1 Å². The minimum Gasteiger partial charge on any atom is -0.486 e. The van der Waals surface area contributed by atoms with Gasteiger partial charge in [0.25, 0.3) is 0 Å². The van der Waals surface area contributed by atoms with E-state index in [9.17, 15) is 0 Å². The normalized spacial score (nSPS) is 16.1. The van der Waals surface area contributed by atoms with Crippen molar-refractivity contribution in [1.82, 2.24) is 15.6 Å². The van der Waals surface area contributed by atoms with Crippen molar-refractivity contribution in [2.45, 2.75) is 19.4 Å². The number of ether oxygens (including phenoxy) is 2. The summed E-state index contributed by atoms with van der Waals surface area (Å²) in [7, 11) is 1.76. The highest BCUT2D eigenvalue weighted by molar-refractivity contribution is 14.0. The summed E-state index contributed by atoms with van der Waals surface area (Å²) < 4.78 is 11.6. The molecule has 136 valence electrons. The summed E-state index contributed by atoms with van der Waals surface area (Å²) >= 11 is 1.73. The van der Waals surface area contributed by atoms with Crippen LogP contribution >= 0.6 is 35.3 Å². The Bertz CT molecular complexity index is 707. The molecule has 0 saturated carbocycles. The number of benzene rings is 1. The molecule has 0 fully saturated rings. The first-order valence-electron chi connectivity index (χ1n) is 7.99. The molecule has 0 radical (unpaired) electrons. The molecule has 0 spiro atoms. The second kappa shape index (κ2) is 9.81. The fraction of sp³-hybridized carbons (Fsp3) is 0.412. The smallest absolute Gasteiger partial charge is 0.191 e. The summed E-state index contributed by atoms with van der Waals surface area (Å²) in [5.41, 5.74) is 0. The Balaban J connectivity index is 0.00000225. The Morgan fingerprint density at radius 3 is 2.84 bits per heavy atom. The first kappa shape index (κ1) is 19.8. The Labute approximate surface area is 169 Å². The number of guanidine groups is 1. The Morgan fingerprint density at radius 2 is 2.12 bits per heavy atom. The molecule has 8 heteroatoms. The lowest BCUT2D eigenvalue weighted by Gasteiger charge is -2.27. The Hall–Kier alpha value is -1.55. The topological polar surface area (TPSA) is 67.8 Å². The molecule has 1 unspecified atom stereocenters. The van der Waals surface area contributed by atoms with Crippen LogP contribution in [0.25, 0.3) is 0 Å². The van der Waals surface area contributed by atoms with Crippen molar-refractivity contribution in [3.63, 3.8) is 0 Å². The molecule has 1 aliphatic heterocycles. The summed E-state index contributed by atoms with van der Waals surface area (Å²) in [6.07, 6.45) is 2.75. The number of rotatable bonds is 5. The molecule has 0 bridgehead atoms. The van der Waals surface area contributed by atoms with E-state index in [2.05, 4.69) is 27.5 Å². The fourth-order valence-electron chi connectivity index (χ4n) is 2.40. The Kier molecular flexibility index (Phi) is 7.76. The maximum atomic E-state index is 5.92. The monoisotopic (exact) mass is 474 g/mol. The quantitative estimate of drug-likeness (QED) is 0.396. The van der Waals surface area contributed by atoms with Crippen molar-refractivity contribution < 1.29 is 9.47 Å². The molecule has 2 aromatic rings. The van der Waals surface area contributed by atoms with Crippen molar-refractivity contribution in [3.8, 4) is 11.5 Å². The maximum Gasteiger partial charge on any atom is 0.191 e. The third kappa shape index (κ3) is 5.74.